The molecule has 0 aliphatic rings. The van der Waals surface area contributed by atoms with Crippen LogP contribution in [0.1, 0.15) is 15.9 Å². The third-order valence-corrected chi connectivity index (χ3v) is 3.23. The van der Waals surface area contributed by atoms with E-state index in [2.05, 4.69) is 9.72 Å². The van der Waals surface area contributed by atoms with Gasteiger partial charge in [0.1, 0.15) is 5.82 Å². The van der Waals surface area contributed by atoms with Crippen LogP contribution in [0.3, 0.4) is 0 Å². The summed E-state index contributed by atoms with van der Waals surface area (Å²) in [5.41, 5.74) is 0.360. The van der Waals surface area contributed by atoms with Crippen molar-refractivity contribution in [2.45, 2.75) is 6.18 Å². The van der Waals surface area contributed by atoms with E-state index < -0.39 is 17.7 Å². The monoisotopic (exact) mass is 324 g/mol. The fourth-order valence-electron chi connectivity index (χ4n) is 2.09. The van der Waals surface area contributed by atoms with Gasteiger partial charge in [0, 0.05) is 25.9 Å². The molecule has 0 fully saturated rings. The summed E-state index contributed by atoms with van der Waals surface area (Å²) < 4.78 is 43.4. The zero-order chi connectivity index (χ0) is 17.2. The minimum atomic E-state index is -4.47. The van der Waals surface area contributed by atoms with Gasteiger partial charge in [-0.05, 0) is 23.8 Å². The third kappa shape index (κ3) is 3.61. The van der Waals surface area contributed by atoms with E-state index in [1.807, 2.05) is 0 Å². The third-order valence-electron chi connectivity index (χ3n) is 3.23. The van der Waals surface area contributed by atoms with E-state index in [1.165, 1.54) is 19.2 Å². The number of alkyl halides is 3. The summed E-state index contributed by atoms with van der Waals surface area (Å²) in [7, 11) is 4.65. The van der Waals surface area contributed by atoms with Crippen LogP contribution < -0.4 is 4.90 Å². The van der Waals surface area contributed by atoms with Crippen molar-refractivity contribution < 1.29 is 22.7 Å². The van der Waals surface area contributed by atoms with Gasteiger partial charge in [0.2, 0.25) is 0 Å². The fourth-order valence-corrected chi connectivity index (χ4v) is 2.09. The molecular weight excluding hydrogens is 309 g/mol. The molecule has 0 N–H and O–H groups in total. The van der Waals surface area contributed by atoms with Crippen LogP contribution in [0.4, 0.5) is 19.0 Å². The number of carbonyl (C=O) groups is 1. The molecule has 23 heavy (non-hydrogen) atoms. The fraction of sp³-hybridized carbons (Fsp3) is 0.250. The molecule has 4 nitrogen and oxygen atoms in total. The lowest BCUT2D eigenvalue weighted by Crippen LogP contribution is -2.14. The molecule has 0 aliphatic heterocycles. The van der Waals surface area contributed by atoms with Crippen LogP contribution in [0.2, 0.25) is 0 Å². The molecule has 1 heterocycles. The zero-order valence-electron chi connectivity index (χ0n) is 12.8. The summed E-state index contributed by atoms with van der Waals surface area (Å²) in [5, 5.41) is 0. The number of hydrogen-bond acceptors (Lipinski definition) is 4. The molecule has 122 valence electrons. The van der Waals surface area contributed by atoms with E-state index in [0.29, 0.717) is 22.5 Å². The number of pyridine rings is 1. The molecule has 0 spiro atoms. The van der Waals surface area contributed by atoms with Crippen molar-refractivity contribution in [3.63, 3.8) is 0 Å². The Morgan fingerprint density at radius 2 is 1.78 bits per heavy atom. The lowest BCUT2D eigenvalue weighted by Gasteiger charge is -2.18. The number of ether oxygens (including phenoxy) is 1. The molecular formula is C16H15F3N2O2. The second-order valence-electron chi connectivity index (χ2n) is 5.06. The number of nitrogens with zero attached hydrogens (tertiary/aromatic N) is 2. The number of hydrogen-bond donors (Lipinski definition) is 0. The van der Waals surface area contributed by atoms with Crippen molar-refractivity contribution in [3.05, 3.63) is 47.7 Å². The minimum absolute atomic E-state index is 0.322. The van der Waals surface area contributed by atoms with Crippen molar-refractivity contribution in [3.8, 4) is 11.1 Å². The Hall–Kier alpha value is -2.57. The maximum atomic E-state index is 12.9. The normalized spacial score (nSPS) is 11.2. The van der Waals surface area contributed by atoms with Gasteiger partial charge < -0.3 is 9.64 Å². The van der Waals surface area contributed by atoms with Gasteiger partial charge in [-0.25, -0.2) is 9.78 Å². The number of methoxy groups -OCH3 is 1. The standard InChI is InChI=1S/C16H15F3N2O2/c1-21(2)14-13(8-12(9-20-14)16(17,18)19)10-4-6-11(7-5-10)15(22)23-3/h4-9H,1-3H3. The van der Waals surface area contributed by atoms with Crippen LogP contribution >= 0.6 is 0 Å². The number of anilines is 1. The first-order valence-electron chi connectivity index (χ1n) is 6.67. The molecule has 1 aromatic heterocycles. The van der Waals surface area contributed by atoms with Gasteiger partial charge >= 0.3 is 12.1 Å². The predicted octanol–water partition coefficient (Wildman–Crippen LogP) is 3.62. The van der Waals surface area contributed by atoms with Crippen LogP contribution in [0.25, 0.3) is 11.1 Å². The van der Waals surface area contributed by atoms with Crippen molar-refractivity contribution in [1.82, 2.24) is 4.98 Å². The number of aromatic nitrogens is 1. The van der Waals surface area contributed by atoms with Crippen LogP contribution in [0.15, 0.2) is 36.5 Å². The summed E-state index contributed by atoms with van der Waals surface area (Å²) in [6, 6.07) is 7.18. The van der Waals surface area contributed by atoms with Gasteiger partial charge in [-0.15, -0.1) is 0 Å². The van der Waals surface area contributed by atoms with Gasteiger partial charge in [-0.1, -0.05) is 12.1 Å². The van der Waals surface area contributed by atoms with Crippen molar-refractivity contribution in [2.75, 3.05) is 26.1 Å². The van der Waals surface area contributed by atoms with Crippen LogP contribution in [-0.2, 0) is 10.9 Å². The van der Waals surface area contributed by atoms with Gasteiger partial charge in [-0.3, -0.25) is 0 Å². The molecule has 1 aromatic carbocycles. The lowest BCUT2D eigenvalue weighted by molar-refractivity contribution is -0.137. The number of benzene rings is 1. The van der Waals surface area contributed by atoms with E-state index in [-0.39, 0.29) is 0 Å². The first kappa shape index (κ1) is 16.8. The van der Waals surface area contributed by atoms with Crippen LogP contribution in [0.5, 0.6) is 0 Å². The second kappa shape index (κ2) is 6.28. The highest BCUT2D eigenvalue weighted by molar-refractivity contribution is 5.90. The van der Waals surface area contributed by atoms with Crippen molar-refractivity contribution >= 4 is 11.8 Å². The predicted molar refractivity (Wildman–Crippen MR) is 80.3 cm³/mol. The summed E-state index contributed by atoms with van der Waals surface area (Å²) >= 11 is 0. The zero-order valence-corrected chi connectivity index (χ0v) is 12.8. The molecule has 0 bridgehead atoms. The summed E-state index contributed by atoms with van der Waals surface area (Å²) in [5.74, 6) is -0.102. The molecule has 0 radical (unpaired) electrons. The van der Waals surface area contributed by atoms with E-state index in [4.69, 9.17) is 0 Å². The average molecular weight is 324 g/mol. The first-order chi connectivity index (χ1) is 10.7. The van der Waals surface area contributed by atoms with Gasteiger partial charge in [0.15, 0.2) is 0 Å². The van der Waals surface area contributed by atoms with Crippen molar-refractivity contribution in [2.24, 2.45) is 0 Å². The first-order valence-corrected chi connectivity index (χ1v) is 6.67. The highest BCUT2D eigenvalue weighted by Gasteiger charge is 2.32. The molecule has 7 heteroatoms. The number of rotatable bonds is 3. The van der Waals surface area contributed by atoms with Crippen LogP contribution in [0, 0.1) is 0 Å². The molecule has 0 amide bonds. The maximum Gasteiger partial charge on any atom is 0.417 e. The Morgan fingerprint density at radius 1 is 1.17 bits per heavy atom. The van der Waals surface area contributed by atoms with E-state index in [0.717, 1.165) is 12.3 Å². The Balaban J connectivity index is 2.53. The SMILES string of the molecule is COC(=O)c1ccc(-c2cc(C(F)(F)F)cnc2N(C)C)cc1. The molecule has 0 unspecified atom stereocenters. The molecule has 0 aliphatic carbocycles. The molecule has 0 saturated heterocycles. The van der Waals surface area contributed by atoms with Gasteiger partial charge in [-0.2, -0.15) is 13.2 Å². The topological polar surface area (TPSA) is 42.4 Å². The summed E-state index contributed by atoms with van der Waals surface area (Å²) in [6.07, 6.45) is -3.67. The average Bonchev–Trinajstić information content (AvgIpc) is 2.52. The lowest BCUT2D eigenvalue weighted by atomic mass is 10.0. The molecule has 0 saturated carbocycles. The van der Waals surface area contributed by atoms with E-state index in [9.17, 15) is 18.0 Å². The van der Waals surface area contributed by atoms with E-state index >= 15 is 0 Å². The second-order valence-corrected chi connectivity index (χ2v) is 5.06. The summed E-state index contributed by atoms with van der Waals surface area (Å²) in [4.78, 5) is 17.0. The molecule has 2 rings (SSSR count). The number of esters is 1. The van der Waals surface area contributed by atoms with Crippen molar-refractivity contribution in [1.29, 1.82) is 0 Å². The maximum absolute atomic E-state index is 12.9. The van der Waals surface area contributed by atoms with Gasteiger partial charge in [0.05, 0.1) is 18.2 Å². The number of carbonyl (C=O) groups excluding carboxylic acids is 1. The quantitative estimate of drug-likeness (QED) is 0.809. The Kier molecular flexibility index (Phi) is 4.58. The highest BCUT2D eigenvalue weighted by atomic mass is 19.4. The minimum Gasteiger partial charge on any atom is -0.465 e. The Bertz CT molecular complexity index is 710. The Morgan fingerprint density at radius 3 is 2.26 bits per heavy atom. The van der Waals surface area contributed by atoms with Crippen LogP contribution in [-0.4, -0.2) is 32.2 Å². The summed E-state index contributed by atoms with van der Waals surface area (Å²) in [6.45, 7) is 0. The molecule has 2 aromatic rings. The van der Waals surface area contributed by atoms with Gasteiger partial charge in [0.25, 0.3) is 0 Å². The highest BCUT2D eigenvalue weighted by Crippen LogP contribution is 2.35. The molecule has 0 atom stereocenters. The van der Waals surface area contributed by atoms with E-state index in [1.54, 1.807) is 31.1 Å². The number of halogens is 3. The largest absolute Gasteiger partial charge is 0.465 e. The Labute approximate surface area is 131 Å². The smallest absolute Gasteiger partial charge is 0.417 e.